The molecule has 0 atom stereocenters. The molecule has 0 heterocycles. The van der Waals surface area contributed by atoms with E-state index in [0.29, 0.717) is 5.02 Å². The van der Waals surface area contributed by atoms with Crippen molar-refractivity contribution in [1.82, 2.24) is 0 Å². The molecule has 4 heteroatoms. The van der Waals surface area contributed by atoms with Crippen molar-refractivity contribution in [2.45, 2.75) is 0 Å². The quantitative estimate of drug-likeness (QED) is 0.813. The lowest BCUT2D eigenvalue weighted by Gasteiger charge is -2.04. The van der Waals surface area contributed by atoms with E-state index in [-0.39, 0.29) is 6.54 Å². The summed E-state index contributed by atoms with van der Waals surface area (Å²) in [7, 11) is 0. The highest BCUT2D eigenvalue weighted by Crippen LogP contribution is 2.25. The Bertz CT molecular complexity index is 319. The fraction of sp³-hybridized carbons (Fsp3) is 0.125. The Morgan fingerprint density at radius 1 is 1.58 bits per heavy atom. The van der Waals surface area contributed by atoms with Crippen LogP contribution in [-0.2, 0) is 0 Å². The highest BCUT2D eigenvalue weighted by atomic mass is 79.9. The molecule has 0 spiro atoms. The molecule has 0 aromatic heterocycles. The van der Waals surface area contributed by atoms with Crippen molar-refractivity contribution >= 4 is 33.2 Å². The number of hydrogen-bond donors (Lipinski definition) is 1. The van der Waals surface area contributed by atoms with Crippen molar-refractivity contribution in [1.29, 1.82) is 5.26 Å². The predicted octanol–water partition coefficient (Wildman–Crippen LogP) is 3.04. The normalized spacial score (nSPS) is 9.08. The van der Waals surface area contributed by atoms with Gasteiger partial charge in [-0.3, -0.25) is 0 Å². The summed E-state index contributed by atoms with van der Waals surface area (Å²) >= 11 is 9.15. The minimum absolute atomic E-state index is 0.260. The second kappa shape index (κ2) is 4.34. The molecule has 12 heavy (non-hydrogen) atoms. The zero-order valence-electron chi connectivity index (χ0n) is 6.14. The number of halogens is 2. The van der Waals surface area contributed by atoms with E-state index in [0.717, 1.165) is 10.2 Å². The Balaban J connectivity index is 2.84. The monoisotopic (exact) mass is 244 g/mol. The summed E-state index contributed by atoms with van der Waals surface area (Å²) in [5, 5.41) is 11.8. The Morgan fingerprint density at radius 3 is 3.00 bits per heavy atom. The van der Waals surface area contributed by atoms with Crippen LogP contribution in [0.25, 0.3) is 0 Å². The van der Waals surface area contributed by atoms with Crippen LogP contribution in [0.5, 0.6) is 0 Å². The van der Waals surface area contributed by atoms with E-state index in [9.17, 15) is 0 Å². The molecule has 0 aliphatic rings. The first-order chi connectivity index (χ1) is 5.74. The lowest BCUT2D eigenvalue weighted by molar-refractivity contribution is 1.31. The van der Waals surface area contributed by atoms with Crippen molar-refractivity contribution in [2.24, 2.45) is 0 Å². The van der Waals surface area contributed by atoms with Gasteiger partial charge in [0.2, 0.25) is 0 Å². The van der Waals surface area contributed by atoms with E-state index in [2.05, 4.69) is 21.2 Å². The number of rotatable bonds is 2. The van der Waals surface area contributed by atoms with Crippen LogP contribution in [0.3, 0.4) is 0 Å². The first-order valence-electron chi connectivity index (χ1n) is 3.30. The molecular weight excluding hydrogens is 239 g/mol. The van der Waals surface area contributed by atoms with Gasteiger partial charge in [0, 0.05) is 4.47 Å². The maximum atomic E-state index is 8.32. The molecule has 0 aliphatic heterocycles. The lowest BCUT2D eigenvalue weighted by Crippen LogP contribution is -1.98. The molecule has 0 bridgehead atoms. The van der Waals surface area contributed by atoms with Gasteiger partial charge in [-0.1, -0.05) is 27.5 Å². The number of hydrogen-bond acceptors (Lipinski definition) is 2. The molecule has 0 aliphatic carbocycles. The van der Waals surface area contributed by atoms with Crippen LogP contribution in [0.4, 0.5) is 5.69 Å². The van der Waals surface area contributed by atoms with Crippen molar-refractivity contribution in [3.63, 3.8) is 0 Å². The van der Waals surface area contributed by atoms with Gasteiger partial charge in [0.05, 0.1) is 16.8 Å². The largest absolute Gasteiger partial charge is 0.371 e. The predicted molar refractivity (Wildman–Crippen MR) is 53.3 cm³/mol. The molecule has 0 amide bonds. The minimum Gasteiger partial charge on any atom is -0.371 e. The maximum absolute atomic E-state index is 8.32. The summed E-state index contributed by atoms with van der Waals surface area (Å²) < 4.78 is 0.937. The van der Waals surface area contributed by atoms with Gasteiger partial charge in [-0.15, -0.1) is 0 Å². The third-order valence-corrected chi connectivity index (χ3v) is 2.11. The first-order valence-corrected chi connectivity index (χ1v) is 4.47. The zero-order valence-corrected chi connectivity index (χ0v) is 8.48. The SMILES string of the molecule is N#CCNc1cc(Br)ccc1Cl. The van der Waals surface area contributed by atoms with Gasteiger partial charge in [0.15, 0.2) is 0 Å². The molecule has 62 valence electrons. The van der Waals surface area contributed by atoms with Crippen LogP contribution >= 0.6 is 27.5 Å². The number of nitrogens with one attached hydrogen (secondary N) is 1. The molecule has 0 fully saturated rings. The highest BCUT2D eigenvalue weighted by molar-refractivity contribution is 9.10. The van der Waals surface area contributed by atoms with Gasteiger partial charge in [-0.05, 0) is 18.2 Å². The number of nitrogens with zero attached hydrogens (tertiary/aromatic N) is 1. The Kier molecular flexibility index (Phi) is 3.39. The van der Waals surface area contributed by atoms with Gasteiger partial charge in [0.25, 0.3) is 0 Å². The van der Waals surface area contributed by atoms with Crippen molar-refractivity contribution in [3.8, 4) is 6.07 Å². The van der Waals surface area contributed by atoms with Crippen molar-refractivity contribution in [3.05, 3.63) is 27.7 Å². The van der Waals surface area contributed by atoms with E-state index < -0.39 is 0 Å². The van der Waals surface area contributed by atoms with Gasteiger partial charge in [0.1, 0.15) is 6.54 Å². The van der Waals surface area contributed by atoms with Crippen molar-refractivity contribution < 1.29 is 0 Å². The van der Waals surface area contributed by atoms with Gasteiger partial charge in [-0.2, -0.15) is 5.26 Å². The summed E-state index contributed by atoms with van der Waals surface area (Å²) in [6.45, 7) is 0.260. The molecular formula is C8H6BrClN2. The van der Waals surface area contributed by atoms with Gasteiger partial charge in [-0.25, -0.2) is 0 Å². The summed E-state index contributed by atoms with van der Waals surface area (Å²) in [6, 6.07) is 7.43. The van der Waals surface area contributed by atoms with Crippen LogP contribution in [0, 0.1) is 11.3 Å². The molecule has 0 radical (unpaired) electrons. The Morgan fingerprint density at radius 2 is 2.33 bits per heavy atom. The van der Waals surface area contributed by atoms with Crippen LogP contribution in [-0.4, -0.2) is 6.54 Å². The highest BCUT2D eigenvalue weighted by Gasteiger charge is 1.98. The van der Waals surface area contributed by atoms with E-state index in [4.69, 9.17) is 16.9 Å². The van der Waals surface area contributed by atoms with E-state index in [1.807, 2.05) is 18.2 Å². The number of nitriles is 1. The number of benzene rings is 1. The third-order valence-electron chi connectivity index (χ3n) is 1.29. The lowest BCUT2D eigenvalue weighted by atomic mass is 10.3. The van der Waals surface area contributed by atoms with Crippen LogP contribution in [0.15, 0.2) is 22.7 Å². The molecule has 0 saturated carbocycles. The molecule has 1 N–H and O–H groups in total. The van der Waals surface area contributed by atoms with Crippen LogP contribution in [0.2, 0.25) is 5.02 Å². The second-order valence-electron chi connectivity index (χ2n) is 2.14. The van der Waals surface area contributed by atoms with Gasteiger partial charge >= 0.3 is 0 Å². The molecule has 1 aromatic carbocycles. The molecule has 0 saturated heterocycles. The number of anilines is 1. The van der Waals surface area contributed by atoms with Gasteiger partial charge < -0.3 is 5.32 Å². The molecule has 2 nitrogen and oxygen atoms in total. The average molecular weight is 246 g/mol. The fourth-order valence-electron chi connectivity index (χ4n) is 0.768. The topological polar surface area (TPSA) is 35.8 Å². The maximum Gasteiger partial charge on any atom is 0.103 e. The third kappa shape index (κ3) is 2.40. The molecule has 0 unspecified atom stereocenters. The van der Waals surface area contributed by atoms with E-state index in [1.54, 1.807) is 6.07 Å². The minimum atomic E-state index is 0.260. The molecule has 1 rings (SSSR count). The standard InChI is InChI=1S/C8H6BrClN2/c9-6-1-2-7(10)8(5-6)12-4-3-11/h1-2,5,12H,4H2. The van der Waals surface area contributed by atoms with Crippen LogP contribution < -0.4 is 5.32 Å². The van der Waals surface area contributed by atoms with E-state index in [1.165, 1.54) is 0 Å². The smallest absolute Gasteiger partial charge is 0.103 e. The summed E-state index contributed by atoms with van der Waals surface area (Å²) in [5.41, 5.74) is 0.771. The first kappa shape index (κ1) is 9.37. The summed E-state index contributed by atoms with van der Waals surface area (Å²) in [6.07, 6.45) is 0. The Labute approximate surface area is 84.3 Å². The fourth-order valence-corrected chi connectivity index (χ4v) is 1.31. The summed E-state index contributed by atoms with van der Waals surface area (Å²) in [4.78, 5) is 0. The van der Waals surface area contributed by atoms with Crippen LogP contribution in [0.1, 0.15) is 0 Å². The summed E-state index contributed by atoms with van der Waals surface area (Å²) in [5.74, 6) is 0. The zero-order chi connectivity index (χ0) is 8.97. The Hall–Kier alpha value is -0.720. The second-order valence-corrected chi connectivity index (χ2v) is 3.46. The molecule has 1 aromatic rings. The average Bonchev–Trinajstić information content (AvgIpc) is 2.07. The van der Waals surface area contributed by atoms with E-state index >= 15 is 0 Å². The van der Waals surface area contributed by atoms with Crippen molar-refractivity contribution in [2.75, 3.05) is 11.9 Å².